The summed E-state index contributed by atoms with van der Waals surface area (Å²) in [6, 6.07) is 11.1. The Morgan fingerprint density at radius 2 is 2.10 bits per heavy atom. The predicted octanol–water partition coefficient (Wildman–Crippen LogP) is 3.51. The lowest BCUT2D eigenvalue weighted by Crippen LogP contribution is -2.22. The Hall–Kier alpha value is -2.51. The van der Waals surface area contributed by atoms with Crippen LogP contribution in [0.4, 0.5) is 15.8 Å². The Bertz CT molecular complexity index is 710. The van der Waals surface area contributed by atoms with E-state index >= 15 is 0 Å². The van der Waals surface area contributed by atoms with E-state index in [1.807, 2.05) is 0 Å². The minimum atomic E-state index is -0.540. The molecule has 1 amide bonds. The average molecular weight is 303 g/mol. The van der Waals surface area contributed by atoms with Gasteiger partial charge in [-0.25, -0.2) is 4.39 Å². The van der Waals surface area contributed by atoms with Crippen LogP contribution in [0.2, 0.25) is 5.02 Å². The molecule has 0 atom stereocenters. The van der Waals surface area contributed by atoms with Crippen LogP contribution in [-0.4, -0.2) is 12.5 Å². The van der Waals surface area contributed by atoms with Crippen molar-refractivity contribution in [2.24, 2.45) is 0 Å². The van der Waals surface area contributed by atoms with Gasteiger partial charge in [0.15, 0.2) is 0 Å². The van der Waals surface area contributed by atoms with E-state index in [2.05, 4.69) is 16.6 Å². The van der Waals surface area contributed by atoms with Crippen molar-refractivity contribution >= 4 is 28.9 Å². The minimum Gasteiger partial charge on any atom is -0.376 e. The maximum atomic E-state index is 13.5. The second-order valence-electron chi connectivity index (χ2n) is 4.25. The third-order valence-corrected chi connectivity index (χ3v) is 2.92. The fourth-order valence-corrected chi connectivity index (χ4v) is 1.86. The highest BCUT2D eigenvalue weighted by atomic mass is 35.5. The number of carbonyl (C=O) groups is 1. The molecule has 0 aromatic heterocycles. The molecule has 5 heteroatoms. The molecule has 0 heterocycles. The fraction of sp³-hybridized carbons (Fsp3) is 0.0625. The Kier molecular flexibility index (Phi) is 4.81. The number of nitrogens with one attached hydrogen (secondary N) is 2. The van der Waals surface area contributed by atoms with Gasteiger partial charge in [0.25, 0.3) is 0 Å². The van der Waals surface area contributed by atoms with E-state index in [0.29, 0.717) is 16.3 Å². The van der Waals surface area contributed by atoms with Crippen LogP contribution in [-0.2, 0) is 4.79 Å². The SMILES string of the molecule is C#Cc1cccc(NCC(=O)Nc2cc(Cl)ccc2F)c1. The van der Waals surface area contributed by atoms with Gasteiger partial charge in [-0.05, 0) is 36.4 Å². The van der Waals surface area contributed by atoms with Crippen LogP contribution in [0.25, 0.3) is 0 Å². The summed E-state index contributed by atoms with van der Waals surface area (Å²) in [7, 11) is 0. The topological polar surface area (TPSA) is 41.1 Å². The summed E-state index contributed by atoms with van der Waals surface area (Å²) >= 11 is 5.75. The van der Waals surface area contributed by atoms with Crippen molar-refractivity contribution in [3.63, 3.8) is 0 Å². The van der Waals surface area contributed by atoms with Gasteiger partial charge in [-0.2, -0.15) is 0 Å². The lowest BCUT2D eigenvalue weighted by molar-refractivity contribution is -0.114. The van der Waals surface area contributed by atoms with Gasteiger partial charge in [-0.15, -0.1) is 6.42 Å². The highest BCUT2D eigenvalue weighted by Crippen LogP contribution is 2.19. The number of hydrogen-bond donors (Lipinski definition) is 2. The van der Waals surface area contributed by atoms with Crippen molar-refractivity contribution in [1.29, 1.82) is 0 Å². The van der Waals surface area contributed by atoms with Crippen LogP contribution >= 0.6 is 11.6 Å². The van der Waals surface area contributed by atoms with Gasteiger partial charge in [-0.3, -0.25) is 4.79 Å². The summed E-state index contributed by atoms with van der Waals surface area (Å²) in [6.07, 6.45) is 5.30. The third kappa shape index (κ3) is 4.23. The van der Waals surface area contributed by atoms with E-state index in [9.17, 15) is 9.18 Å². The Balaban J connectivity index is 1.96. The lowest BCUT2D eigenvalue weighted by Gasteiger charge is -2.09. The maximum absolute atomic E-state index is 13.5. The van der Waals surface area contributed by atoms with Gasteiger partial charge in [0, 0.05) is 16.3 Å². The van der Waals surface area contributed by atoms with Crippen molar-refractivity contribution in [3.8, 4) is 12.3 Å². The standard InChI is InChI=1S/C16H12ClFN2O/c1-2-11-4-3-5-13(8-11)19-10-16(21)20-15-9-12(17)6-7-14(15)18/h1,3-9,19H,10H2,(H,20,21). The summed E-state index contributed by atoms with van der Waals surface area (Å²) in [5.74, 6) is 1.58. The first-order chi connectivity index (χ1) is 10.1. The lowest BCUT2D eigenvalue weighted by atomic mass is 10.2. The molecule has 2 aromatic rings. The van der Waals surface area contributed by atoms with Gasteiger partial charge in [0.1, 0.15) is 5.82 Å². The van der Waals surface area contributed by atoms with Gasteiger partial charge in [0.05, 0.1) is 12.2 Å². The van der Waals surface area contributed by atoms with E-state index in [1.54, 1.807) is 24.3 Å². The van der Waals surface area contributed by atoms with Crippen LogP contribution in [0.1, 0.15) is 5.56 Å². The largest absolute Gasteiger partial charge is 0.376 e. The second-order valence-corrected chi connectivity index (χ2v) is 4.69. The third-order valence-electron chi connectivity index (χ3n) is 2.68. The monoisotopic (exact) mass is 302 g/mol. The number of rotatable bonds is 4. The Morgan fingerprint density at radius 1 is 1.29 bits per heavy atom. The van der Waals surface area contributed by atoms with Crippen molar-refractivity contribution in [3.05, 3.63) is 58.9 Å². The second kappa shape index (κ2) is 6.78. The van der Waals surface area contributed by atoms with E-state index < -0.39 is 5.82 Å². The first kappa shape index (κ1) is 14.9. The zero-order valence-corrected chi connectivity index (χ0v) is 11.7. The van der Waals surface area contributed by atoms with Crippen molar-refractivity contribution in [1.82, 2.24) is 0 Å². The van der Waals surface area contributed by atoms with Crippen molar-refractivity contribution in [2.75, 3.05) is 17.2 Å². The summed E-state index contributed by atoms with van der Waals surface area (Å²) < 4.78 is 13.5. The van der Waals surface area contributed by atoms with Crippen LogP contribution in [0.3, 0.4) is 0 Å². The first-order valence-electron chi connectivity index (χ1n) is 6.14. The van der Waals surface area contributed by atoms with Gasteiger partial charge >= 0.3 is 0 Å². The van der Waals surface area contributed by atoms with E-state index in [-0.39, 0.29) is 18.1 Å². The van der Waals surface area contributed by atoms with E-state index in [0.717, 1.165) is 0 Å². The van der Waals surface area contributed by atoms with Gasteiger partial charge < -0.3 is 10.6 Å². The molecule has 0 spiro atoms. The predicted molar refractivity (Wildman–Crippen MR) is 82.9 cm³/mol. The number of hydrogen-bond acceptors (Lipinski definition) is 2. The van der Waals surface area contributed by atoms with E-state index in [4.69, 9.17) is 18.0 Å². The molecular weight excluding hydrogens is 291 g/mol. The normalized spacial score (nSPS) is 9.76. The minimum absolute atomic E-state index is 0.0139. The molecule has 3 nitrogen and oxygen atoms in total. The molecule has 106 valence electrons. The number of carbonyl (C=O) groups excluding carboxylic acids is 1. The average Bonchev–Trinajstić information content (AvgIpc) is 2.49. The van der Waals surface area contributed by atoms with Crippen LogP contribution in [0.15, 0.2) is 42.5 Å². The highest BCUT2D eigenvalue weighted by molar-refractivity contribution is 6.30. The van der Waals surface area contributed by atoms with Crippen molar-refractivity contribution in [2.45, 2.75) is 0 Å². The molecule has 0 radical (unpaired) electrons. The molecule has 2 rings (SSSR count). The number of anilines is 2. The molecule has 0 aliphatic rings. The number of terminal acetylenes is 1. The fourth-order valence-electron chi connectivity index (χ4n) is 1.69. The number of benzene rings is 2. The zero-order valence-electron chi connectivity index (χ0n) is 11.0. The number of halogens is 2. The van der Waals surface area contributed by atoms with Crippen LogP contribution in [0, 0.1) is 18.2 Å². The Morgan fingerprint density at radius 3 is 2.86 bits per heavy atom. The molecule has 0 fully saturated rings. The molecule has 2 N–H and O–H groups in total. The Labute approximate surface area is 127 Å². The van der Waals surface area contributed by atoms with Gasteiger partial charge in [-0.1, -0.05) is 23.6 Å². The van der Waals surface area contributed by atoms with Gasteiger partial charge in [0.2, 0.25) is 5.91 Å². The van der Waals surface area contributed by atoms with Crippen LogP contribution in [0.5, 0.6) is 0 Å². The zero-order chi connectivity index (χ0) is 15.2. The number of amides is 1. The molecule has 0 saturated heterocycles. The molecule has 0 aliphatic carbocycles. The molecular formula is C16H12ClFN2O. The smallest absolute Gasteiger partial charge is 0.243 e. The first-order valence-corrected chi connectivity index (χ1v) is 6.52. The molecule has 0 unspecified atom stereocenters. The molecule has 2 aromatic carbocycles. The molecule has 21 heavy (non-hydrogen) atoms. The maximum Gasteiger partial charge on any atom is 0.243 e. The summed E-state index contributed by atoms with van der Waals surface area (Å²) in [5, 5.41) is 5.71. The summed E-state index contributed by atoms with van der Waals surface area (Å²) in [6.45, 7) is -0.0139. The van der Waals surface area contributed by atoms with Crippen LogP contribution < -0.4 is 10.6 Å². The summed E-state index contributed by atoms with van der Waals surface area (Å²) in [5.41, 5.74) is 1.47. The molecule has 0 aliphatic heterocycles. The highest BCUT2D eigenvalue weighted by Gasteiger charge is 2.07. The van der Waals surface area contributed by atoms with Crippen molar-refractivity contribution < 1.29 is 9.18 Å². The molecule has 0 saturated carbocycles. The molecule has 0 bridgehead atoms. The quantitative estimate of drug-likeness (QED) is 0.849. The summed E-state index contributed by atoms with van der Waals surface area (Å²) in [4.78, 5) is 11.8. The van der Waals surface area contributed by atoms with E-state index in [1.165, 1.54) is 18.2 Å².